The summed E-state index contributed by atoms with van der Waals surface area (Å²) in [6.45, 7) is 6.03. The second kappa shape index (κ2) is 8.08. The molecular formula is C25H24BrFN2O2. The summed E-state index contributed by atoms with van der Waals surface area (Å²) >= 11 is 3.46. The average Bonchev–Trinajstić information content (AvgIpc) is 2.68. The van der Waals surface area contributed by atoms with E-state index in [1.807, 2.05) is 31.2 Å². The van der Waals surface area contributed by atoms with Gasteiger partial charge >= 0.3 is 0 Å². The van der Waals surface area contributed by atoms with Crippen molar-refractivity contribution in [3.8, 4) is 0 Å². The first kappa shape index (κ1) is 21.5. The summed E-state index contributed by atoms with van der Waals surface area (Å²) in [6.07, 6.45) is 1.18. The molecule has 1 heterocycles. The monoisotopic (exact) mass is 482 g/mol. The Kier molecular flexibility index (Phi) is 5.60. The van der Waals surface area contributed by atoms with E-state index in [0.717, 1.165) is 27.9 Å². The van der Waals surface area contributed by atoms with Crippen LogP contribution in [0.15, 0.2) is 75.5 Å². The Morgan fingerprint density at radius 2 is 1.74 bits per heavy atom. The molecule has 1 aliphatic carbocycles. The second-order valence-corrected chi connectivity index (χ2v) is 9.86. The van der Waals surface area contributed by atoms with Crippen molar-refractivity contribution in [2.45, 2.75) is 39.5 Å². The Bertz CT molecular complexity index is 1120. The first-order valence-electron chi connectivity index (χ1n) is 10.2. The van der Waals surface area contributed by atoms with E-state index in [1.54, 1.807) is 0 Å². The summed E-state index contributed by atoms with van der Waals surface area (Å²) in [5.74, 6) is -1.08. The van der Waals surface area contributed by atoms with Gasteiger partial charge in [0, 0.05) is 45.0 Å². The van der Waals surface area contributed by atoms with Gasteiger partial charge in [0.05, 0.1) is 0 Å². The van der Waals surface area contributed by atoms with E-state index < -0.39 is 5.92 Å². The highest BCUT2D eigenvalue weighted by Crippen LogP contribution is 2.46. The van der Waals surface area contributed by atoms with Crippen LogP contribution in [-0.2, 0) is 9.59 Å². The van der Waals surface area contributed by atoms with Crippen molar-refractivity contribution in [2.75, 3.05) is 5.32 Å². The number of rotatable bonds is 3. The lowest BCUT2D eigenvalue weighted by Gasteiger charge is -2.39. The van der Waals surface area contributed by atoms with Gasteiger partial charge in [-0.2, -0.15) is 0 Å². The summed E-state index contributed by atoms with van der Waals surface area (Å²) in [4.78, 5) is 26.6. The number of halogens is 2. The average molecular weight is 483 g/mol. The highest BCUT2D eigenvalue weighted by molar-refractivity contribution is 9.10. The van der Waals surface area contributed by atoms with Gasteiger partial charge in [-0.25, -0.2) is 4.39 Å². The number of hydrogen-bond acceptors (Lipinski definition) is 3. The zero-order valence-corrected chi connectivity index (χ0v) is 19.3. The molecule has 0 fully saturated rings. The lowest BCUT2D eigenvalue weighted by molar-refractivity contribution is -0.118. The number of Topliss-reactive ketones (excluding diaryl/α,β-unsaturated/α-hetero) is 1. The van der Waals surface area contributed by atoms with Crippen LogP contribution in [0.3, 0.4) is 0 Å². The third kappa shape index (κ3) is 4.35. The van der Waals surface area contributed by atoms with E-state index in [4.69, 9.17) is 0 Å². The predicted molar refractivity (Wildman–Crippen MR) is 123 cm³/mol. The molecule has 2 N–H and O–H groups in total. The molecule has 160 valence electrons. The summed E-state index contributed by atoms with van der Waals surface area (Å²) in [5.41, 5.74) is 4.02. The minimum absolute atomic E-state index is 0.0613. The van der Waals surface area contributed by atoms with Crippen molar-refractivity contribution >= 4 is 33.3 Å². The first-order valence-corrected chi connectivity index (χ1v) is 11.0. The summed E-state index contributed by atoms with van der Waals surface area (Å²) in [6, 6.07) is 13.4. The number of nitrogens with one attached hydrogen (secondary N) is 2. The van der Waals surface area contributed by atoms with Gasteiger partial charge in [-0.1, -0.05) is 41.9 Å². The van der Waals surface area contributed by atoms with Crippen molar-refractivity contribution in [1.29, 1.82) is 0 Å². The van der Waals surface area contributed by atoms with Crippen molar-refractivity contribution in [3.05, 3.63) is 86.9 Å². The Morgan fingerprint density at radius 3 is 2.39 bits per heavy atom. The molecule has 0 aromatic heterocycles. The molecular weight excluding hydrogens is 459 g/mol. The molecule has 0 bridgehead atoms. The van der Waals surface area contributed by atoms with Crippen LogP contribution in [0.1, 0.15) is 45.1 Å². The molecule has 6 heteroatoms. The van der Waals surface area contributed by atoms with Gasteiger partial charge in [0.15, 0.2) is 5.78 Å². The maximum atomic E-state index is 13.4. The molecule has 31 heavy (non-hydrogen) atoms. The van der Waals surface area contributed by atoms with Gasteiger partial charge in [0.2, 0.25) is 0 Å². The minimum Gasteiger partial charge on any atom is -0.362 e. The molecule has 0 unspecified atom stereocenters. The highest BCUT2D eigenvalue weighted by atomic mass is 79.9. The number of dihydropyridines is 1. The maximum Gasteiger partial charge on any atom is 0.254 e. The van der Waals surface area contributed by atoms with E-state index >= 15 is 0 Å². The number of hydrogen-bond donors (Lipinski definition) is 2. The van der Waals surface area contributed by atoms with Crippen molar-refractivity contribution < 1.29 is 14.0 Å². The van der Waals surface area contributed by atoms with E-state index in [2.05, 4.69) is 40.4 Å². The standard InChI is InChI=1S/C25H24BrFN2O2/c1-14-21(24(31)29-18-10-8-17(27)9-11-18)22(15-4-6-16(26)7-5-15)23-19(28-14)12-25(2,3)13-20(23)30/h4-11,22,28H,12-13H2,1-3H3,(H,29,31)/t22-/m1/s1. The lowest BCUT2D eigenvalue weighted by atomic mass is 9.68. The van der Waals surface area contributed by atoms with Gasteiger partial charge in [-0.15, -0.1) is 0 Å². The molecule has 2 aliphatic rings. The first-order chi connectivity index (χ1) is 14.6. The molecule has 1 amide bonds. The number of benzene rings is 2. The Morgan fingerprint density at radius 1 is 1.10 bits per heavy atom. The third-order valence-corrected chi connectivity index (χ3v) is 6.32. The molecule has 0 saturated heterocycles. The maximum absolute atomic E-state index is 13.4. The Balaban J connectivity index is 1.79. The molecule has 0 radical (unpaired) electrons. The fourth-order valence-electron chi connectivity index (χ4n) is 4.46. The fraction of sp³-hybridized carbons (Fsp3) is 0.280. The number of amides is 1. The van der Waals surface area contributed by atoms with Gasteiger partial charge in [-0.05, 0) is 60.7 Å². The van der Waals surface area contributed by atoms with E-state index in [0.29, 0.717) is 23.3 Å². The fourth-order valence-corrected chi connectivity index (χ4v) is 4.72. The summed E-state index contributed by atoms with van der Waals surface area (Å²) < 4.78 is 14.2. The number of anilines is 1. The predicted octanol–water partition coefficient (Wildman–Crippen LogP) is 5.83. The van der Waals surface area contributed by atoms with Crippen LogP contribution in [0.25, 0.3) is 0 Å². The topological polar surface area (TPSA) is 58.2 Å². The smallest absolute Gasteiger partial charge is 0.254 e. The van der Waals surface area contributed by atoms with Gasteiger partial charge in [-0.3, -0.25) is 9.59 Å². The molecule has 2 aromatic rings. The zero-order chi connectivity index (χ0) is 22.3. The van der Waals surface area contributed by atoms with Crippen molar-refractivity contribution in [2.24, 2.45) is 5.41 Å². The van der Waals surface area contributed by atoms with Crippen LogP contribution in [0.4, 0.5) is 10.1 Å². The lowest BCUT2D eigenvalue weighted by Crippen LogP contribution is -2.39. The number of ketones is 1. The quantitative estimate of drug-likeness (QED) is 0.578. The highest BCUT2D eigenvalue weighted by Gasteiger charge is 2.42. The number of carbonyl (C=O) groups is 2. The van der Waals surface area contributed by atoms with Gasteiger partial charge in [0.1, 0.15) is 5.82 Å². The molecule has 0 spiro atoms. The van der Waals surface area contributed by atoms with Crippen LogP contribution in [0, 0.1) is 11.2 Å². The van der Waals surface area contributed by atoms with Crippen LogP contribution in [0.2, 0.25) is 0 Å². The molecule has 1 atom stereocenters. The van der Waals surface area contributed by atoms with Crippen LogP contribution < -0.4 is 10.6 Å². The Labute approximate surface area is 189 Å². The summed E-state index contributed by atoms with van der Waals surface area (Å²) in [5, 5.41) is 6.21. The molecule has 1 aliphatic heterocycles. The van der Waals surface area contributed by atoms with Crippen LogP contribution in [-0.4, -0.2) is 11.7 Å². The van der Waals surface area contributed by atoms with Crippen molar-refractivity contribution in [3.63, 3.8) is 0 Å². The molecule has 4 rings (SSSR count). The van der Waals surface area contributed by atoms with Gasteiger partial charge < -0.3 is 10.6 Å². The zero-order valence-electron chi connectivity index (χ0n) is 17.7. The van der Waals surface area contributed by atoms with Crippen LogP contribution in [0.5, 0.6) is 0 Å². The molecule has 0 saturated carbocycles. The summed E-state index contributed by atoms with van der Waals surface area (Å²) in [7, 11) is 0. The molecule has 4 nitrogen and oxygen atoms in total. The number of allylic oxidation sites excluding steroid dienone is 3. The third-order valence-electron chi connectivity index (χ3n) is 5.79. The normalized spacial score (nSPS) is 20.3. The minimum atomic E-state index is -0.464. The second-order valence-electron chi connectivity index (χ2n) is 8.94. The van der Waals surface area contributed by atoms with Crippen LogP contribution >= 0.6 is 15.9 Å². The van der Waals surface area contributed by atoms with E-state index in [1.165, 1.54) is 24.3 Å². The largest absolute Gasteiger partial charge is 0.362 e. The molecule has 2 aromatic carbocycles. The number of carbonyl (C=O) groups excluding carboxylic acids is 2. The SMILES string of the molecule is CC1=C(C(=O)Nc2ccc(F)cc2)[C@@H](c2ccc(Br)cc2)C2=C(CC(C)(C)CC2=O)N1. The Hall–Kier alpha value is -2.73. The van der Waals surface area contributed by atoms with Gasteiger partial charge in [0.25, 0.3) is 5.91 Å². The van der Waals surface area contributed by atoms with E-state index in [-0.39, 0.29) is 22.9 Å². The van der Waals surface area contributed by atoms with Crippen molar-refractivity contribution in [1.82, 2.24) is 5.32 Å². The van der Waals surface area contributed by atoms with E-state index in [9.17, 15) is 14.0 Å².